The van der Waals surface area contributed by atoms with E-state index in [9.17, 15) is 18.9 Å². The van der Waals surface area contributed by atoms with Crippen molar-refractivity contribution in [1.29, 1.82) is 0 Å². The van der Waals surface area contributed by atoms with Crippen molar-refractivity contribution in [2.45, 2.75) is 45.0 Å². The van der Waals surface area contributed by atoms with Crippen LogP contribution in [0.25, 0.3) is 0 Å². The van der Waals surface area contributed by atoms with E-state index in [-0.39, 0.29) is 35.1 Å². The number of benzene rings is 1. The van der Waals surface area contributed by atoms with Crippen LogP contribution in [-0.2, 0) is 27.6 Å². The molecule has 1 amide bonds. The largest absolute Gasteiger partial charge is 0.530 e. The van der Waals surface area contributed by atoms with Gasteiger partial charge in [0.05, 0.1) is 19.3 Å². The van der Waals surface area contributed by atoms with E-state index in [1.165, 1.54) is 37.2 Å². The van der Waals surface area contributed by atoms with Gasteiger partial charge in [0, 0.05) is 19.7 Å². The first-order valence-corrected chi connectivity index (χ1v) is 14.8. The van der Waals surface area contributed by atoms with Crippen LogP contribution in [0.1, 0.15) is 41.5 Å². The molecular formula is C21H32NO9PSi. The van der Waals surface area contributed by atoms with E-state index in [1.807, 2.05) is 0 Å². The van der Waals surface area contributed by atoms with Gasteiger partial charge < -0.3 is 18.6 Å². The molecule has 184 valence electrons. The lowest BCUT2D eigenvalue weighted by Crippen LogP contribution is -2.47. The van der Waals surface area contributed by atoms with Gasteiger partial charge in [-0.1, -0.05) is 20.8 Å². The topological polar surface area (TPSA) is 118 Å². The molecule has 10 nitrogen and oxygen atoms in total. The Morgan fingerprint density at radius 1 is 1.21 bits per heavy atom. The molecule has 1 aliphatic heterocycles. The van der Waals surface area contributed by atoms with Crippen LogP contribution in [0, 0.1) is 0 Å². The molecule has 0 atom stereocenters. The Balaban J connectivity index is 2.12. The minimum Gasteiger partial charge on any atom is -0.452 e. The van der Waals surface area contributed by atoms with Crippen LogP contribution >= 0.6 is 7.82 Å². The monoisotopic (exact) mass is 501 g/mol. The molecule has 1 fully saturated rings. The zero-order valence-electron chi connectivity index (χ0n) is 20.1. The first kappa shape index (κ1) is 27.2. The summed E-state index contributed by atoms with van der Waals surface area (Å²) in [6.45, 7) is 9.97. The number of phosphoric ester groups is 1. The third kappa shape index (κ3) is 7.22. The van der Waals surface area contributed by atoms with Crippen molar-refractivity contribution in [3.63, 3.8) is 0 Å². The molecular weight excluding hydrogens is 469 g/mol. The van der Waals surface area contributed by atoms with Crippen molar-refractivity contribution >= 4 is 34.3 Å². The zero-order chi connectivity index (χ0) is 25.0. The lowest BCUT2D eigenvalue weighted by molar-refractivity contribution is -0.131. The average molecular weight is 502 g/mol. The number of nitrogens with zero attached hydrogens (tertiary/aromatic N) is 1. The number of likely N-dealkylation sites (N-methyl/N-ethyl adjacent to an activating group) is 1. The van der Waals surface area contributed by atoms with Crippen LogP contribution in [0.15, 0.2) is 18.2 Å². The summed E-state index contributed by atoms with van der Waals surface area (Å²) in [4.78, 5) is 36.7. The fourth-order valence-electron chi connectivity index (χ4n) is 2.46. The summed E-state index contributed by atoms with van der Waals surface area (Å²) in [6.07, 6.45) is 0.125. The molecule has 2 rings (SSSR count). The van der Waals surface area contributed by atoms with Crippen LogP contribution in [0.2, 0.25) is 18.1 Å². The highest BCUT2D eigenvalue weighted by atomic mass is 31.2. The highest BCUT2D eigenvalue weighted by molar-refractivity contribution is 7.49. The molecule has 1 aromatic rings. The number of carbonyl (C=O) groups excluding carboxylic acids is 3. The van der Waals surface area contributed by atoms with Gasteiger partial charge in [0.2, 0.25) is 0 Å². The van der Waals surface area contributed by atoms with E-state index >= 15 is 0 Å². The number of esters is 1. The van der Waals surface area contributed by atoms with Gasteiger partial charge in [-0.25, -0.2) is 9.36 Å². The summed E-state index contributed by atoms with van der Waals surface area (Å²) in [6, 6.07) is 3.88. The summed E-state index contributed by atoms with van der Waals surface area (Å²) in [5.41, 5.74) is -0.0203. The fourth-order valence-corrected chi connectivity index (χ4v) is 5.06. The molecule has 1 heterocycles. The highest BCUT2D eigenvalue weighted by Gasteiger charge is 2.43. The van der Waals surface area contributed by atoms with Crippen molar-refractivity contribution in [2.75, 3.05) is 33.9 Å². The van der Waals surface area contributed by atoms with E-state index in [0.29, 0.717) is 6.29 Å². The number of hydrogen-bond donors (Lipinski definition) is 0. The minimum absolute atomic E-state index is 0.00662. The number of phosphoric acid groups is 1. The molecule has 0 saturated carbocycles. The predicted molar refractivity (Wildman–Crippen MR) is 123 cm³/mol. The normalized spacial score (nSPS) is 21.2. The Morgan fingerprint density at radius 3 is 2.33 bits per heavy atom. The molecule has 12 heteroatoms. The minimum atomic E-state index is -4.06. The van der Waals surface area contributed by atoms with E-state index < -0.39 is 40.7 Å². The molecule has 1 aromatic carbocycles. The standard InChI is InChI=1S/C21H32NO9PSi/c1-21(2,3)33(6,7)31-16-12-28-32(26,29-13-16)30-18-9-8-15(11-23)10-17(18)20(25)27-14-19(24)22(4)5/h8-11,16H,12-14H2,1-7H3. The SMILES string of the molecule is CN(C)C(=O)COC(=O)c1cc(C=O)ccc1OP1(=O)OCC(O[Si](C)(C)C(C)(C)C)CO1. The Kier molecular flexibility index (Phi) is 8.64. The highest BCUT2D eigenvalue weighted by Crippen LogP contribution is 2.53. The third-order valence-corrected chi connectivity index (χ3v) is 11.4. The maximum Gasteiger partial charge on any atom is 0.530 e. The van der Waals surface area contributed by atoms with Crippen LogP contribution in [-0.4, -0.2) is 71.4 Å². The molecule has 0 radical (unpaired) electrons. The van der Waals surface area contributed by atoms with Crippen molar-refractivity contribution in [3.05, 3.63) is 29.3 Å². The van der Waals surface area contributed by atoms with Crippen molar-refractivity contribution in [3.8, 4) is 5.75 Å². The van der Waals surface area contributed by atoms with Crippen molar-refractivity contribution in [2.24, 2.45) is 0 Å². The Morgan fingerprint density at radius 2 is 1.82 bits per heavy atom. The molecule has 1 saturated heterocycles. The van der Waals surface area contributed by atoms with Gasteiger partial charge in [-0.2, -0.15) is 0 Å². The number of carbonyl (C=O) groups is 3. The Labute approximate surface area is 195 Å². The van der Waals surface area contributed by atoms with Crippen molar-refractivity contribution < 1.29 is 41.7 Å². The zero-order valence-corrected chi connectivity index (χ0v) is 22.0. The molecule has 1 aliphatic rings. The van der Waals surface area contributed by atoms with Gasteiger partial charge in [-0.3, -0.25) is 18.6 Å². The van der Waals surface area contributed by atoms with Gasteiger partial charge >= 0.3 is 13.8 Å². The summed E-state index contributed by atoms with van der Waals surface area (Å²) >= 11 is 0. The average Bonchev–Trinajstić information content (AvgIpc) is 2.72. The molecule has 0 spiro atoms. The quantitative estimate of drug-likeness (QED) is 0.228. The fraction of sp³-hybridized carbons (Fsp3) is 0.571. The predicted octanol–water partition coefficient (Wildman–Crippen LogP) is 3.67. The smallest absolute Gasteiger partial charge is 0.452 e. The maximum absolute atomic E-state index is 13.0. The number of ether oxygens (including phenoxy) is 1. The van der Waals surface area contributed by atoms with Crippen LogP contribution < -0.4 is 4.52 Å². The maximum atomic E-state index is 13.0. The second-order valence-corrected chi connectivity index (χ2v) is 15.7. The second kappa shape index (κ2) is 10.5. The molecule has 0 aliphatic carbocycles. The molecule has 0 bridgehead atoms. The first-order valence-electron chi connectivity index (χ1n) is 10.4. The molecule has 0 unspecified atom stereocenters. The first-order chi connectivity index (χ1) is 15.2. The third-order valence-electron chi connectivity index (χ3n) is 5.50. The van der Waals surface area contributed by atoms with E-state index in [1.54, 1.807) is 0 Å². The second-order valence-electron chi connectivity index (χ2n) is 9.37. The number of amides is 1. The summed E-state index contributed by atoms with van der Waals surface area (Å²) < 4.78 is 40.4. The number of rotatable bonds is 8. The van der Waals surface area contributed by atoms with Crippen LogP contribution in [0.4, 0.5) is 0 Å². The molecule has 0 aromatic heterocycles. The van der Waals surface area contributed by atoms with E-state index in [2.05, 4.69) is 33.9 Å². The van der Waals surface area contributed by atoms with Gasteiger partial charge in [0.15, 0.2) is 14.9 Å². The number of hydrogen-bond acceptors (Lipinski definition) is 9. The summed E-state index contributed by atoms with van der Waals surface area (Å²) in [7, 11) is -3.11. The van der Waals surface area contributed by atoms with Gasteiger partial charge in [-0.05, 0) is 36.3 Å². The molecule has 0 N–H and O–H groups in total. The Hall–Kier alpha value is -2.04. The lowest BCUT2D eigenvalue weighted by Gasteiger charge is -2.40. The van der Waals surface area contributed by atoms with Crippen LogP contribution in [0.5, 0.6) is 5.75 Å². The summed E-state index contributed by atoms with van der Waals surface area (Å²) in [5.74, 6) is -1.52. The van der Waals surface area contributed by atoms with Gasteiger partial charge in [0.1, 0.15) is 17.6 Å². The molecule has 33 heavy (non-hydrogen) atoms. The van der Waals surface area contributed by atoms with E-state index in [4.69, 9.17) is 22.7 Å². The van der Waals surface area contributed by atoms with Gasteiger partial charge in [-0.15, -0.1) is 0 Å². The van der Waals surface area contributed by atoms with E-state index in [0.717, 1.165) is 0 Å². The Bertz CT molecular complexity index is 930. The number of aldehydes is 1. The van der Waals surface area contributed by atoms with Crippen molar-refractivity contribution in [1.82, 2.24) is 4.90 Å². The van der Waals surface area contributed by atoms with Crippen LogP contribution in [0.3, 0.4) is 0 Å². The van der Waals surface area contributed by atoms with Gasteiger partial charge in [0.25, 0.3) is 5.91 Å². The summed E-state index contributed by atoms with van der Waals surface area (Å²) in [5, 5.41) is -0.0196. The lowest BCUT2D eigenvalue weighted by atomic mass is 10.1.